The van der Waals surface area contributed by atoms with E-state index in [4.69, 9.17) is 0 Å². The zero-order chi connectivity index (χ0) is 22.3. The van der Waals surface area contributed by atoms with Gasteiger partial charge in [-0.05, 0) is 67.4 Å². The Morgan fingerprint density at radius 2 is 1.48 bits per heavy atom. The molecule has 1 aliphatic heterocycles. The lowest BCUT2D eigenvalue weighted by Crippen LogP contribution is -2.31. The summed E-state index contributed by atoms with van der Waals surface area (Å²) < 4.78 is 0. The van der Waals surface area contributed by atoms with E-state index in [0.717, 1.165) is 16.0 Å². The molecule has 0 saturated carbocycles. The Balaban J connectivity index is 1.71. The number of imide groups is 1. The number of carbonyl (C=O) groups is 4. The maximum absolute atomic E-state index is 13.0. The summed E-state index contributed by atoms with van der Waals surface area (Å²) in [6, 6.07) is 15.7. The van der Waals surface area contributed by atoms with Gasteiger partial charge in [0.25, 0.3) is 17.7 Å². The fraction of sp³-hybridized carbons (Fsp3) is 0.0833. The number of fused-ring (bicyclic) bond motifs is 1. The largest absolute Gasteiger partial charge is 0.478 e. The molecule has 3 aromatic carbocycles. The van der Waals surface area contributed by atoms with Gasteiger partial charge in [0.05, 0.1) is 27.9 Å². The number of nitrogens with one attached hydrogen (secondary N) is 1. The SMILES string of the molecule is Cc1cc(C)cc(NC(=O)c2ccccc2N2C(=O)c3ccc(C(=O)O)cc3C2=O)c1. The summed E-state index contributed by atoms with van der Waals surface area (Å²) in [5.41, 5.74) is 2.85. The molecule has 0 atom stereocenters. The normalized spacial score (nSPS) is 12.6. The van der Waals surface area contributed by atoms with E-state index < -0.39 is 23.7 Å². The highest BCUT2D eigenvalue weighted by Gasteiger charge is 2.38. The Morgan fingerprint density at radius 1 is 0.839 bits per heavy atom. The van der Waals surface area contributed by atoms with Crippen molar-refractivity contribution in [2.24, 2.45) is 0 Å². The highest BCUT2D eigenvalue weighted by Crippen LogP contribution is 2.32. The molecule has 31 heavy (non-hydrogen) atoms. The Labute approximate surface area is 177 Å². The molecule has 154 valence electrons. The third-order valence-electron chi connectivity index (χ3n) is 5.00. The van der Waals surface area contributed by atoms with E-state index in [1.54, 1.807) is 12.1 Å². The van der Waals surface area contributed by atoms with Crippen molar-refractivity contribution in [3.05, 3.63) is 94.0 Å². The van der Waals surface area contributed by atoms with Crippen LogP contribution in [0.4, 0.5) is 11.4 Å². The fourth-order valence-electron chi connectivity index (χ4n) is 3.70. The highest BCUT2D eigenvalue weighted by molar-refractivity contribution is 6.35. The number of nitrogens with zero attached hydrogens (tertiary/aromatic N) is 1. The number of carboxylic acids is 1. The van der Waals surface area contributed by atoms with Gasteiger partial charge in [-0.25, -0.2) is 9.69 Å². The minimum absolute atomic E-state index is 0.00517. The third kappa shape index (κ3) is 3.57. The van der Waals surface area contributed by atoms with Crippen molar-refractivity contribution in [2.45, 2.75) is 13.8 Å². The summed E-state index contributed by atoms with van der Waals surface area (Å²) >= 11 is 0. The second kappa shape index (κ2) is 7.53. The lowest BCUT2D eigenvalue weighted by Gasteiger charge is -2.18. The van der Waals surface area contributed by atoms with Gasteiger partial charge in [0.1, 0.15) is 0 Å². The summed E-state index contributed by atoms with van der Waals surface area (Å²) in [5, 5.41) is 12.0. The van der Waals surface area contributed by atoms with Crippen molar-refractivity contribution in [3.63, 3.8) is 0 Å². The molecule has 0 spiro atoms. The number of benzene rings is 3. The molecular formula is C24H18N2O5. The van der Waals surface area contributed by atoms with Crippen LogP contribution in [0, 0.1) is 13.8 Å². The van der Waals surface area contributed by atoms with Crippen LogP contribution in [0.2, 0.25) is 0 Å². The molecule has 7 heteroatoms. The van der Waals surface area contributed by atoms with Gasteiger partial charge in [0.15, 0.2) is 0 Å². The maximum Gasteiger partial charge on any atom is 0.335 e. The molecule has 1 aliphatic rings. The molecule has 1 heterocycles. The summed E-state index contributed by atoms with van der Waals surface area (Å²) in [6.07, 6.45) is 0. The van der Waals surface area contributed by atoms with Gasteiger partial charge in [-0.2, -0.15) is 0 Å². The molecule has 0 bridgehead atoms. The number of hydrogen-bond donors (Lipinski definition) is 2. The maximum atomic E-state index is 13.0. The second-order valence-corrected chi connectivity index (χ2v) is 7.36. The second-order valence-electron chi connectivity index (χ2n) is 7.36. The number of anilines is 2. The van der Waals surface area contributed by atoms with Crippen LogP contribution < -0.4 is 10.2 Å². The number of aromatic carboxylic acids is 1. The van der Waals surface area contributed by atoms with Crippen LogP contribution in [0.15, 0.2) is 60.7 Å². The molecular weight excluding hydrogens is 396 g/mol. The first-order chi connectivity index (χ1) is 14.8. The number of carbonyl (C=O) groups excluding carboxylic acids is 3. The molecule has 0 aliphatic carbocycles. The van der Waals surface area contributed by atoms with Crippen molar-refractivity contribution in [1.82, 2.24) is 0 Å². The Morgan fingerprint density at radius 3 is 2.16 bits per heavy atom. The predicted molar refractivity (Wildman–Crippen MR) is 115 cm³/mol. The zero-order valence-corrected chi connectivity index (χ0v) is 16.8. The molecule has 3 amide bonds. The van der Waals surface area contributed by atoms with Crippen molar-refractivity contribution >= 4 is 35.1 Å². The fourth-order valence-corrected chi connectivity index (χ4v) is 3.70. The van der Waals surface area contributed by atoms with Gasteiger partial charge in [-0.15, -0.1) is 0 Å². The van der Waals surface area contributed by atoms with Crippen molar-refractivity contribution in [2.75, 3.05) is 10.2 Å². The van der Waals surface area contributed by atoms with Gasteiger partial charge in [0, 0.05) is 5.69 Å². The monoisotopic (exact) mass is 414 g/mol. The number of aryl methyl sites for hydroxylation is 2. The number of amides is 3. The average Bonchev–Trinajstić information content (AvgIpc) is 2.97. The van der Waals surface area contributed by atoms with Crippen LogP contribution >= 0.6 is 0 Å². The van der Waals surface area contributed by atoms with Crippen LogP contribution in [-0.4, -0.2) is 28.8 Å². The smallest absolute Gasteiger partial charge is 0.335 e. The quantitative estimate of drug-likeness (QED) is 0.627. The molecule has 0 radical (unpaired) electrons. The first-order valence-electron chi connectivity index (χ1n) is 9.51. The van der Waals surface area contributed by atoms with Crippen molar-refractivity contribution < 1.29 is 24.3 Å². The molecule has 3 aromatic rings. The van der Waals surface area contributed by atoms with Gasteiger partial charge in [0.2, 0.25) is 0 Å². The molecule has 2 N–H and O–H groups in total. The average molecular weight is 414 g/mol. The molecule has 4 rings (SSSR count). The molecule has 0 fully saturated rings. The third-order valence-corrected chi connectivity index (χ3v) is 5.00. The summed E-state index contributed by atoms with van der Waals surface area (Å²) in [5.74, 6) is -2.95. The molecule has 0 saturated heterocycles. The lowest BCUT2D eigenvalue weighted by atomic mass is 10.1. The predicted octanol–water partition coefficient (Wildman–Crippen LogP) is 4.05. The first kappa shape index (κ1) is 20.0. The number of hydrogen-bond acceptors (Lipinski definition) is 4. The van der Waals surface area contributed by atoms with Gasteiger partial charge >= 0.3 is 5.97 Å². The Kier molecular flexibility index (Phi) is 4.87. The zero-order valence-electron chi connectivity index (χ0n) is 16.8. The Bertz CT molecular complexity index is 1260. The summed E-state index contributed by atoms with van der Waals surface area (Å²) in [7, 11) is 0. The van der Waals surface area contributed by atoms with Crippen LogP contribution in [-0.2, 0) is 0 Å². The van der Waals surface area contributed by atoms with Crippen LogP contribution in [0.1, 0.15) is 52.6 Å². The van der Waals surface area contributed by atoms with E-state index in [0.29, 0.717) is 5.69 Å². The molecule has 0 aromatic heterocycles. The lowest BCUT2D eigenvalue weighted by molar-refractivity contribution is 0.0696. The van der Waals surface area contributed by atoms with Crippen molar-refractivity contribution in [3.8, 4) is 0 Å². The summed E-state index contributed by atoms with van der Waals surface area (Å²) in [4.78, 5) is 51.1. The minimum Gasteiger partial charge on any atom is -0.478 e. The summed E-state index contributed by atoms with van der Waals surface area (Å²) in [6.45, 7) is 3.83. The van der Waals surface area contributed by atoms with Crippen LogP contribution in [0.3, 0.4) is 0 Å². The molecule has 0 unspecified atom stereocenters. The standard InChI is InChI=1S/C24H18N2O5/c1-13-9-14(2)11-16(10-13)25-21(27)18-5-3-4-6-20(18)26-22(28)17-8-7-15(24(30)31)12-19(17)23(26)29/h3-12H,1-2H3,(H,25,27)(H,30,31). The van der Waals surface area contributed by atoms with Gasteiger partial charge in [-0.3, -0.25) is 14.4 Å². The van der Waals surface area contributed by atoms with E-state index in [2.05, 4.69) is 5.32 Å². The number of para-hydroxylation sites is 1. The van der Waals surface area contributed by atoms with E-state index in [9.17, 15) is 24.3 Å². The van der Waals surface area contributed by atoms with Crippen LogP contribution in [0.5, 0.6) is 0 Å². The molecule has 7 nitrogen and oxygen atoms in total. The highest BCUT2D eigenvalue weighted by atomic mass is 16.4. The van der Waals surface area contributed by atoms with E-state index in [-0.39, 0.29) is 27.9 Å². The van der Waals surface area contributed by atoms with Gasteiger partial charge < -0.3 is 10.4 Å². The van der Waals surface area contributed by atoms with Crippen molar-refractivity contribution in [1.29, 1.82) is 0 Å². The van der Waals surface area contributed by atoms with Crippen LogP contribution in [0.25, 0.3) is 0 Å². The van der Waals surface area contributed by atoms with E-state index >= 15 is 0 Å². The first-order valence-corrected chi connectivity index (χ1v) is 9.51. The van der Waals surface area contributed by atoms with E-state index in [1.807, 2.05) is 32.0 Å². The number of carboxylic acid groups (broad SMARTS) is 1. The van der Waals surface area contributed by atoms with E-state index in [1.165, 1.54) is 30.3 Å². The Hall–Kier alpha value is -4.26. The number of rotatable bonds is 4. The minimum atomic E-state index is -1.20. The topological polar surface area (TPSA) is 104 Å². The van der Waals surface area contributed by atoms with Gasteiger partial charge in [-0.1, -0.05) is 18.2 Å².